The summed E-state index contributed by atoms with van der Waals surface area (Å²) in [5.41, 5.74) is 2.61. The molecular formula is C14H16FN. The fourth-order valence-electron chi connectivity index (χ4n) is 1.77. The SMILES string of the molecule is Cc1cc(F)c2cc(C(C)(C)C)ccc2n1. The van der Waals surface area contributed by atoms with Crippen molar-refractivity contribution >= 4 is 10.9 Å². The van der Waals surface area contributed by atoms with E-state index in [1.165, 1.54) is 6.07 Å². The zero-order valence-corrected chi connectivity index (χ0v) is 10.1. The number of aryl methyl sites for hydroxylation is 1. The first-order chi connectivity index (χ1) is 7.38. The van der Waals surface area contributed by atoms with E-state index in [9.17, 15) is 4.39 Å². The minimum absolute atomic E-state index is 0.0333. The molecule has 1 aromatic heterocycles. The Balaban J connectivity index is 2.72. The van der Waals surface area contributed by atoms with Crippen molar-refractivity contribution in [1.82, 2.24) is 4.98 Å². The summed E-state index contributed by atoms with van der Waals surface area (Å²) in [5, 5.41) is 0.609. The molecule has 2 heteroatoms. The van der Waals surface area contributed by atoms with Crippen LogP contribution in [0.4, 0.5) is 4.39 Å². The molecule has 0 fully saturated rings. The molecule has 0 amide bonds. The van der Waals surface area contributed by atoms with Gasteiger partial charge in [-0.3, -0.25) is 4.98 Å². The zero-order valence-electron chi connectivity index (χ0n) is 10.1. The fraction of sp³-hybridized carbons (Fsp3) is 0.357. The van der Waals surface area contributed by atoms with Gasteiger partial charge in [-0.2, -0.15) is 0 Å². The number of pyridine rings is 1. The molecule has 0 saturated heterocycles. The van der Waals surface area contributed by atoms with E-state index in [1.807, 2.05) is 18.2 Å². The average molecular weight is 217 g/mol. The molecule has 0 atom stereocenters. The smallest absolute Gasteiger partial charge is 0.134 e. The third-order valence-corrected chi connectivity index (χ3v) is 2.75. The summed E-state index contributed by atoms with van der Waals surface area (Å²) in [6, 6.07) is 7.30. The summed E-state index contributed by atoms with van der Waals surface area (Å²) in [5.74, 6) is -0.186. The third kappa shape index (κ3) is 1.92. The molecule has 0 bridgehead atoms. The van der Waals surface area contributed by atoms with Crippen LogP contribution in [0.25, 0.3) is 10.9 Å². The van der Waals surface area contributed by atoms with Gasteiger partial charge in [0, 0.05) is 11.1 Å². The lowest BCUT2D eigenvalue weighted by Crippen LogP contribution is -2.10. The van der Waals surface area contributed by atoms with Crippen molar-refractivity contribution < 1.29 is 4.39 Å². The van der Waals surface area contributed by atoms with Crippen LogP contribution in [0.3, 0.4) is 0 Å². The largest absolute Gasteiger partial charge is 0.253 e. The highest BCUT2D eigenvalue weighted by Gasteiger charge is 2.15. The minimum Gasteiger partial charge on any atom is -0.253 e. The maximum absolute atomic E-state index is 13.8. The Kier molecular flexibility index (Phi) is 2.45. The van der Waals surface area contributed by atoms with E-state index in [4.69, 9.17) is 0 Å². The van der Waals surface area contributed by atoms with E-state index < -0.39 is 0 Å². The number of nitrogens with zero attached hydrogens (tertiary/aromatic N) is 1. The Morgan fingerprint density at radius 3 is 2.44 bits per heavy atom. The standard InChI is InChI=1S/C14H16FN/c1-9-7-12(15)11-8-10(14(2,3)4)5-6-13(11)16-9/h5-8H,1-4H3. The van der Waals surface area contributed by atoms with Crippen LogP contribution in [-0.4, -0.2) is 4.98 Å². The van der Waals surface area contributed by atoms with Crippen molar-refractivity contribution in [1.29, 1.82) is 0 Å². The quantitative estimate of drug-likeness (QED) is 0.650. The van der Waals surface area contributed by atoms with Crippen molar-refractivity contribution in [3.05, 3.63) is 41.3 Å². The molecule has 1 aromatic carbocycles. The Morgan fingerprint density at radius 1 is 1.12 bits per heavy atom. The summed E-state index contributed by atoms with van der Waals surface area (Å²) >= 11 is 0. The van der Waals surface area contributed by atoms with Crippen LogP contribution in [0.5, 0.6) is 0 Å². The van der Waals surface area contributed by atoms with Crippen LogP contribution in [0.15, 0.2) is 24.3 Å². The number of benzene rings is 1. The molecule has 0 unspecified atom stereocenters. The van der Waals surface area contributed by atoms with Crippen molar-refractivity contribution in [3.8, 4) is 0 Å². The molecule has 0 aliphatic heterocycles. The van der Waals surface area contributed by atoms with Gasteiger partial charge in [-0.15, -0.1) is 0 Å². The number of hydrogen-bond donors (Lipinski definition) is 0. The molecule has 1 nitrogen and oxygen atoms in total. The minimum atomic E-state index is -0.186. The summed E-state index contributed by atoms with van der Waals surface area (Å²) < 4.78 is 13.8. The van der Waals surface area contributed by atoms with Gasteiger partial charge in [-0.1, -0.05) is 26.8 Å². The molecule has 0 aliphatic carbocycles. The Hall–Kier alpha value is -1.44. The first-order valence-electron chi connectivity index (χ1n) is 5.45. The van der Waals surface area contributed by atoms with Gasteiger partial charge in [-0.05, 0) is 36.1 Å². The zero-order chi connectivity index (χ0) is 11.9. The molecule has 84 valence electrons. The van der Waals surface area contributed by atoms with Gasteiger partial charge in [-0.25, -0.2) is 4.39 Å². The fourth-order valence-corrected chi connectivity index (χ4v) is 1.77. The van der Waals surface area contributed by atoms with Crippen LogP contribution in [-0.2, 0) is 5.41 Å². The normalized spacial score (nSPS) is 12.1. The van der Waals surface area contributed by atoms with Gasteiger partial charge in [0.25, 0.3) is 0 Å². The number of halogens is 1. The molecule has 2 aromatic rings. The van der Waals surface area contributed by atoms with Gasteiger partial charge in [0.15, 0.2) is 0 Å². The average Bonchev–Trinajstić information content (AvgIpc) is 2.15. The molecule has 0 radical (unpaired) electrons. The van der Waals surface area contributed by atoms with Gasteiger partial charge >= 0.3 is 0 Å². The van der Waals surface area contributed by atoms with Gasteiger partial charge in [0.1, 0.15) is 5.82 Å². The number of fused-ring (bicyclic) bond motifs is 1. The lowest BCUT2D eigenvalue weighted by molar-refractivity contribution is 0.590. The Labute approximate surface area is 95.3 Å². The van der Waals surface area contributed by atoms with E-state index in [2.05, 4.69) is 25.8 Å². The number of hydrogen-bond acceptors (Lipinski definition) is 1. The highest BCUT2D eigenvalue weighted by Crippen LogP contribution is 2.26. The van der Waals surface area contributed by atoms with E-state index in [0.717, 1.165) is 11.1 Å². The molecule has 0 saturated carbocycles. The number of aromatic nitrogens is 1. The second kappa shape index (κ2) is 3.55. The first-order valence-corrected chi connectivity index (χ1v) is 5.45. The van der Waals surface area contributed by atoms with E-state index in [0.29, 0.717) is 11.1 Å². The molecule has 2 rings (SSSR count). The van der Waals surface area contributed by atoms with Crippen LogP contribution >= 0.6 is 0 Å². The topological polar surface area (TPSA) is 12.9 Å². The number of rotatable bonds is 0. The van der Waals surface area contributed by atoms with Crippen LogP contribution in [0.1, 0.15) is 32.0 Å². The summed E-state index contributed by atoms with van der Waals surface area (Å²) in [6.45, 7) is 8.16. The predicted molar refractivity (Wildman–Crippen MR) is 65.1 cm³/mol. The maximum atomic E-state index is 13.8. The van der Waals surface area contributed by atoms with E-state index >= 15 is 0 Å². The molecule has 16 heavy (non-hydrogen) atoms. The summed E-state index contributed by atoms with van der Waals surface area (Å²) in [4.78, 5) is 4.32. The lowest BCUT2D eigenvalue weighted by Gasteiger charge is -2.19. The highest BCUT2D eigenvalue weighted by molar-refractivity contribution is 5.80. The van der Waals surface area contributed by atoms with Crippen molar-refractivity contribution in [2.45, 2.75) is 33.1 Å². The van der Waals surface area contributed by atoms with Crippen LogP contribution in [0.2, 0.25) is 0 Å². The van der Waals surface area contributed by atoms with Crippen molar-refractivity contribution in [3.63, 3.8) is 0 Å². The second-order valence-electron chi connectivity index (χ2n) is 5.23. The molecule has 0 spiro atoms. The summed E-state index contributed by atoms with van der Waals surface area (Å²) in [7, 11) is 0. The predicted octanol–water partition coefficient (Wildman–Crippen LogP) is 3.98. The van der Waals surface area contributed by atoms with Gasteiger partial charge < -0.3 is 0 Å². The van der Waals surface area contributed by atoms with E-state index in [-0.39, 0.29) is 11.2 Å². The third-order valence-electron chi connectivity index (χ3n) is 2.75. The van der Waals surface area contributed by atoms with Gasteiger partial charge in [0.2, 0.25) is 0 Å². The van der Waals surface area contributed by atoms with Crippen LogP contribution in [0, 0.1) is 12.7 Å². The maximum Gasteiger partial charge on any atom is 0.134 e. The molecule has 0 N–H and O–H groups in total. The van der Waals surface area contributed by atoms with Crippen molar-refractivity contribution in [2.24, 2.45) is 0 Å². The molecular weight excluding hydrogens is 201 g/mol. The van der Waals surface area contributed by atoms with E-state index in [1.54, 1.807) is 6.92 Å². The van der Waals surface area contributed by atoms with Crippen molar-refractivity contribution in [2.75, 3.05) is 0 Å². The molecule has 0 aliphatic rings. The lowest BCUT2D eigenvalue weighted by atomic mass is 9.86. The van der Waals surface area contributed by atoms with Crippen LogP contribution < -0.4 is 0 Å². The first kappa shape index (κ1) is 11.1. The molecule has 1 heterocycles. The Morgan fingerprint density at radius 2 is 1.81 bits per heavy atom. The Bertz CT molecular complexity index is 538. The highest BCUT2D eigenvalue weighted by atomic mass is 19.1. The second-order valence-corrected chi connectivity index (χ2v) is 5.23. The summed E-state index contributed by atoms with van der Waals surface area (Å²) in [6.07, 6.45) is 0. The van der Waals surface area contributed by atoms with Gasteiger partial charge in [0.05, 0.1) is 5.52 Å². The monoisotopic (exact) mass is 217 g/mol.